The Kier molecular flexibility index (Phi) is 3.81. The second-order valence-electron chi connectivity index (χ2n) is 5.10. The predicted octanol–water partition coefficient (Wildman–Crippen LogP) is 3.19. The number of hydrogen-bond donors (Lipinski definition) is 0. The van der Waals surface area contributed by atoms with Crippen molar-refractivity contribution in [3.63, 3.8) is 0 Å². The van der Waals surface area contributed by atoms with Gasteiger partial charge in [0.15, 0.2) is 0 Å². The lowest BCUT2D eigenvalue weighted by molar-refractivity contribution is -0.119. The lowest BCUT2D eigenvalue weighted by Crippen LogP contribution is -2.29. The Labute approximate surface area is 134 Å². The first-order valence-corrected chi connectivity index (χ1v) is 7.10. The first-order chi connectivity index (χ1) is 11.1. The number of imide groups is 1. The molecule has 0 saturated carbocycles. The van der Waals surface area contributed by atoms with Crippen LogP contribution in [0.15, 0.2) is 67.3 Å². The van der Waals surface area contributed by atoms with Crippen molar-refractivity contribution >= 4 is 23.1 Å². The molecule has 0 aromatic heterocycles. The second-order valence-corrected chi connectivity index (χ2v) is 5.10. The number of anilines is 1. The van der Waals surface area contributed by atoms with Crippen LogP contribution in [-0.4, -0.2) is 18.9 Å². The lowest BCUT2D eigenvalue weighted by Gasteiger charge is -2.15. The van der Waals surface area contributed by atoms with Crippen LogP contribution in [0.3, 0.4) is 0 Å². The molecule has 2 amide bonds. The summed E-state index contributed by atoms with van der Waals surface area (Å²) in [4.78, 5) is 24.5. The molecule has 0 fully saturated rings. The molecule has 1 aliphatic heterocycles. The van der Waals surface area contributed by atoms with Gasteiger partial charge < -0.3 is 4.74 Å². The van der Waals surface area contributed by atoms with Crippen molar-refractivity contribution in [3.05, 3.63) is 78.4 Å². The summed E-state index contributed by atoms with van der Waals surface area (Å²) in [5, 5.41) is 0. The second kappa shape index (κ2) is 5.93. The van der Waals surface area contributed by atoms with E-state index >= 15 is 0 Å². The van der Waals surface area contributed by atoms with Crippen LogP contribution >= 0.6 is 0 Å². The number of carbonyl (C=O) groups is 2. The number of ether oxygens (including phenoxy) is 1. The van der Waals surface area contributed by atoms with Gasteiger partial charge in [-0.1, -0.05) is 30.8 Å². The van der Waals surface area contributed by atoms with Crippen LogP contribution in [0.2, 0.25) is 0 Å². The minimum Gasteiger partial charge on any atom is -0.497 e. The van der Waals surface area contributed by atoms with Crippen LogP contribution in [0.4, 0.5) is 5.69 Å². The normalized spacial score (nSPS) is 13.5. The number of benzene rings is 2. The van der Waals surface area contributed by atoms with Crippen LogP contribution in [0.5, 0.6) is 5.75 Å². The predicted molar refractivity (Wildman–Crippen MR) is 89.2 cm³/mol. The summed E-state index contributed by atoms with van der Waals surface area (Å²) in [6.07, 6.45) is 2.54. The maximum absolute atomic E-state index is 11.7. The number of methoxy groups -OCH3 is 1. The molecule has 2 aromatic rings. The minimum atomic E-state index is -0.322. The molecule has 114 valence electrons. The van der Waals surface area contributed by atoms with Crippen molar-refractivity contribution in [1.82, 2.24) is 0 Å². The third-order valence-corrected chi connectivity index (χ3v) is 3.72. The molecule has 0 spiro atoms. The number of nitrogens with zero attached hydrogens (tertiary/aromatic N) is 1. The van der Waals surface area contributed by atoms with Crippen molar-refractivity contribution in [3.8, 4) is 5.75 Å². The highest BCUT2D eigenvalue weighted by molar-refractivity contribution is 6.28. The molecular formula is C19H15NO3. The van der Waals surface area contributed by atoms with Crippen LogP contribution in [-0.2, 0) is 9.59 Å². The van der Waals surface area contributed by atoms with Crippen LogP contribution in [0, 0.1) is 0 Å². The quantitative estimate of drug-likeness (QED) is 0.815. The molecule has 0 atom stereocenters. The molecule has 0 N–H and O–H groups in total. The zero-order valence-corrected chi connectivity index (χ0v) is 12.7. The molecule has 4 nitrogen and oxygen atoms in total. The summed E-state index contributed by atoms with van der Waals surface area (Å²) >= 11 is 0. The van der Waals surface area contributed by atoms with Gasteiger partial charge in [-0.2, -0.15) is 0 Å². The van der Waals surface area contributed by atoms with Gasteiger partial charge in [0.05, 0.1) is 12.8 Å². The molecule has 0 bridgehead atoms. The summed E-state index contributed by atoms with van der Waals surface area (Å²) in [5.74, 6) is 0.143. The van der Waals surface area contributed by atoms with Gasteiger partial charge in [0.1, 0.15) is 5.75 Å². The van der Waals surface area contributed by atoms with E-state index in [1.807, 2.05) is 36.4 Å². The molecule has 1 heterocycles. The first kappa shape index (κ1) is 14.8. The van der Waals surface area contributed by atoms with Gasteiger partial charge in [0.25, 0.3) is 11.8 Å². The summed E-state index contributed by atoms with van der Waals surface area (Å²) in [7, 11) is 1.62. The molecule has 2 aromatic carbocycles. The fraction of sp³-hybridized carbons (Fsp3) is 0.0526. The van der Waals surface area contributed by atoms with E-state index in [1.165, 1.54) is 12.2 Å². The van der Waals surface area contributed by atoms with E-state index < -0.39 is 0 Å². The highest BCUT2D eigenvalue weighted by Crippen LogP contribution is 2.26. The van der Waals surface area contributed by atoms with E-state index in [1.54, 1.807) is 19.2 Å². The Morgan fingerprint density at radius 1 is 0.870 bits per heavy atom. The van der Waals surface area contributed by atoms with Gasteiger partial charge in [-0.15, -0.1) is 0 Å². The highest BCUT2D eigenvalue weighted by atomic mass is 16.5. The van der Waals surface area contributed by atoms with E-state index in [4.69, 9.17) is 4.74 Å². The Balaban J connectivity index is 1.82. The van der Waals surface area contributed by atoms with E-state index in [2.05, 4.69) is 6.58 Å². The zero-order valence-electron chi connectivity index (χ0n) is 12.7. The maximum Gasteiger partial charge on any atom is 0.258 e. The Bertz CT molecular complexity index is 784. The van der Waals surface area contributed by atoms with Crippen molar-refractivity contribution in [2.24, 2.45) is 0 Å². The van der Waals surface area contributed by atoms with Crippen LogP contribution in [0.25, 0.3) is 5.57 Å². The van der Waals surface area contributed by atoms with E-state index in [9.17, 15) is 9.59 Å². The van der Waals surface area contributed by atoms with Gasteiger partial charge in [0, 0.05) is 12.2 Å². The third-order valence-electron chi connectivity index (χ3n) is 3.72. The molecule has 4 heteroatoms. The van der Waals surface area contributed by atoms with Gasteiger partial charge in [-0.25, -0.2) is 4.90 Å². The molecule has 0 aliphatic carbocycles. The van der Waals surface area contributed by atoms with Gasteiger partial charge in [-0.05, 0) is 41.0 Å². The molecule has 23 heavy (non-hydrogen) atoms. The molecule has 1 aliphatic rings. The smallest absolute Gasteiger partial charge is 0.258 e. The van der Waals surface area contributed by atoms with E-state index in [-0.39, 0.29) is 11.8 Å². The summed E-state index contributed by atoms with van der Waals surface area (Å²) in [6, 6.07) is 14.8. The fourth-order valence-corrected chi connectivity index (χ4v) is 2.43. The molecule has 0 unspecified atom stereocenters. The van der Waals surface area contributed by atoms with Crippen molar-refractivity contribution in [2.75, 3.05) is 12.0 Å². The lowest BCUT2D eigenvalue weighted by atomic mass is 9.99. The zero-order chi connectivity index (χ0) is 16.4. The van der Waals surface area contributed by atoms with Crippen molar-refractivity contribution in [1.29, 1.82) is 0 Å². The fourth-order valence-electron chi connectivity index (χ4n) is 2.43. The SMILES string of the molecule is C=C(c1ccc(OC)cc1)c1ccc(N2C(=O)C=CC2=O)cc1. The summed E-state index contributed by atoms with van der Waals surface area (Å²) < 4.78 is 5.14. The van der Waals surface area contributed by atoms with Gasteiger partial charge in [0.2, 0.25) is 0 Å². The van der Waals surface area contributed by atoms with Gasteiger partial charge >= 0.3 is 0 Å². The third kappa shape index (κ3) is 2.79. The number of carbonyl (C=O) groups excluding carboxylic acids is 2. The molecule has 0 radical (unpaired) electrons. The highest BCUT2D eigenvalue weighted by Gasteiger charge is 2.24. The Morgan fingerprint density at radius 3 is 1.83 bits per heavy atom. The number of hydrogen-bond acceptors (Lipinski definition) is 3. The van der Waals surface area contributed by atoms with Crippen LogP contribution < -0.4 is 9.64 Å². The van der Waals surface area contributed by atoms with Crippen molar-refractivity contribution < 1.29 is 14.3 Å². The van der Waals surface area contributed by atoms with E-state index in [0.29, 0.717) is 5.69 Å². The van der Waals surface area contributed by atoms with Gasteiger partial charge in [-0.3, -0.25) is 9.59 Å². The Hall–Kier alpha value is -3.14. The average molecular weight is 305 g/mol. The largest absolute Gasteiger partial charge is 0.497 e. The van der Waals surface area contributed by atoms with E-state index in [0.717, 1.165) is 27.3 Å². The molecule has 0 saturated heterocycles. The molecule has 3 rings (SSSR count). The first-order valence-electron chi connectivity index (χ1n) is 7.10. The topological polar surface area (TPSA) is 46.6 Å². The summed E-state index contributed by atoms with van der Waals surface area (Å²) in [5.41, 5.74) is 3.31. The monoisotopic (exact) mass is 305 g/mol. The van der Waals surface area contributed by atoms with Crippen molar-refractivity contribution in [2.45, 2.75) is 0 Å². The molecular weight excluding hydrogens is 290 g/mol. The van der Waals surface area contributed by atoms with Crippen LogP contribution in [0.1, 0.15) is 11.1 Å². The average Bonchev–Trinajstić information content (AvgIpc) is 2.93. The number of rotatable bonds is 4. The standard InChI is InChI=1S/C19H15NO3/c1-13(15-5-9-17(23-2)10-6-15)14-3-7-16(8-4-14)20-18(21)11-12-19(20)22/h3-12H,1H2,2H3. The summed E-state index contributed by atoms with van der Waals surface area (Å²) in [6.45, 7) is 4.11. The number of amides is 2. The maximum atomic E-state index is 11.7. The Morgan fingerprint density at radius 2 is 1.35 bits per heavy atom. The minimum absolute atomic E-state index is 0.322.